The molecule has 18 heavy (non-hydrogen) atoms. The van der Waals surface area contributed by atoms with E-state index in [0.717, 1.165) is 10.0 Å². The van der Waals surface area contributed by atoms with Crippen LogP contribution in [0.25, 0.3) is 0 Å². The van der Waals surface area contributed by atoms with Crippen molar-refractivity contribution in [3.05, 3.63) is 10.6 Å². The minimum absolute atomic E-state index is 0.199. The van der Waals surface area contributed by atoms with Gasteiger partial charge in [0.25, 0.3) is 0 Å². The number of thiazole rings is 1. The van der Waals surface area contributed by atoms with Crippen molar-refractivity contribution in [2.24, 2.45) is 5.92 Å². The van der Waals surface area contributed by atoms with Gasteiger partial charge in [0.2, 0.25) is 0 Å². The standard InChI is InChI=1S/C13H20N2O2S/c1-8-6-4-5-7-10(8)15(3)13-14-11(12(16)17)9(2)18-13/h8,10H,4-7H2,1-3H3,(H,16,17). The number of hydrogen-bond acceptors (Lipinski definition) is 4. The van der Waals surface area contributed by atoms with E-state index in [4.69, 9.17) is 5.11 Å². The summed E-state index contributed by atoms with van der Waals surface area (Å²) < 4.78 is 0. The van der Waals surface area contributed by atoms with Crippen LogP contribution in [-0.4, -0.2) is 29.1 Å². The zero-order valence-corrected chi connectivity index (χ0v) is 12.0. The predicted octanol–water partition coefficient (Wildman–Crippen LogP) is 3.16. The third kappa shape index (κ3) is 2.51. The first kappa shape index (κ1) is 13.3. The Labute approximate surface area is 112 Å². The first-order chi connectivity index (χ1) is 8.50. The second-order valence-electron chi connectivity index (χ2n) is 5.15. The summed E-state index contributed by atoms with van der Waals surface area (Å²) in [6, 6.07) is 0.492. The van der Waals surface area contributed by atoms with E-state index in [9.17, 15) is 4.79 Å². The molecule has 1 aliphatic rings. The fraction of sp³-hybridized carbons (Fsp3) is 0.692. The molecule has 4 nitrogen and oxygen atoms in total. The van der Waals surface area contributed by atoms with Crippen molar-refractivity contribution in [3.8, 4) is 0 Å². The molecule has 0 saturated heterocycles. The van der Waals surface area contributed by atoms with Crippen molar-refractivity contribution >= 4 is 22.4 Å². The first-order valence-corrected chi connectivity index (χ1v) is 7.26. The topological polar surface area (TPSA) is 53.4 Å². The van der Waals surface area contributed by atoms with Gasteiger partial charge >= 0.3 is 5.97 Å². The first-order valence-electron chi connectivity index (χ1n) is 6.44. The van der Waals surface area contributed by atoms with Crippen molar-refractivity contribution in [3.63, 3.8) is 0 Å². The lowest BCUT2D eigenvalue weighted by molar-refractivity contribution is 0.0690. The van der Waals surface area contributed by atoms with Crippen LogP contribution in [0.2, 0.25) is 0 Å². The van der Waals surface area contributed by atoms with Gasteiger partial charge < -0.3 is 10.0 Å². The van der Waals surface area contributed by atoms with E-state index in [-0.39, 0.29) is 5.69 Å². The number of aryl methyl sites for hydroxylation is 1. The summed E-state index contributed by atoms with van der Waals surface area (Å²) >= 11 is 1.48. The average Bonchev–Trinajstić information content (AvgIpc) is 2.71. The maximum absolute atomic E-state index is 11.0. The van der Waals surface area contributed by atoms with E-state index in [1.54, 1.807) is 0 Å². The number of carboxylic acids is 1. The second kappa shape index (κ2) is 5.26. The van der Waals surface area contributed by atoms with Gasteiger partial charge in [-0.15, -0.1) is 11.3 Å². The number of aromatic carboxylic acids is 1. The van der Waals surface area contributed by atoms with Gasteiger partial charge in [-0.1, -0.05) is 19.8 Å². The molecule has 2 rings (SSSR count). The highest BCUT2D eigenvalue weighted by molar-refractivity contribution is 7.15. The van der Waals surface area contributed by atoms with Crippen LogP contribution in [0.5, 0.6) is 0 Å². The predicted molar refractivity (Wildman–Crippen MR) is 73.6 cm³/mol. The molecule has 5 heteroatoms. The van der Waals surface area contributed by atoms with Gasteiger partial charge in [0.15, 0.2) is 10.8 Å². The molecule has 1 aromatic heterocycles. The molecule has 1 aromatic rings. The molecule has 1 aliphatic carbocycles. The molecule has 0 amide bonds. The summed E-state index contributed by atoms with van der Waals surface area (Å²) in [5.41, 5.74) is 0.199. The highest BCUT2D eigenvalue weighted by Crippen LogP contribution is 2.33. The molecule has 2 unspecified atom stereocenters. The molecule has 0 radical (unpaired) electrons. The molecule has 1 saturated carbocycles. The highest BCUT2D eigenvalue weighted by Gasteiger charge is 2.27. The Kier molecular flexibility index (Phi) is 3.90. The summed E-state index contributed by atoms with van der Waals surface area (Å²) in [7, 11) is 2.04. The van der Waals surface area contributed by atoms with Crippen LogP contribution in [0.1, 0.15) is 48.0 Å². The van der Waals surface area contributed by atoms with Crippen LogP contribution in [0.4, 0.5) is 5.13 Å². The molecule has 2 atom stereocenters. The molecule has 0 aliphatic heterocycles. The lowest BCUT2D eigenvalue weighted by Crippen LogP contribution is -2.38. The Morgan fingerprint density at radius 1 is 1.44 bits per heavy atom. The van der Waals surface area contributed by atoms with Gasteiger partial charge in [-0.25, -0.2) is 9.78 Å². The summed E-state index contributed by atoms with van der Waals surface area (Å²) in [6.07, 6.45) is 5.00. The molecule has 0 bridgehead atoms. The Balaban J connectivity index is 2.20. The fourth-order valence-electron chi connectivity index (χ4n) is 2.75. The van der Waals surface area contributed by atoms with Crippen LogP contribution >= 0.6 is 11.3 Å². The van der Waals surface area contributed by atoms with Crippen LogP contribution in [0.15, 0.2) is 0 Å². The average molecular weight is 268 g/mol. The van der Waals surface area contributed by atoms with E-state index in [2.05, 4.69) is 16.8 Å². The lowest BCUT2D eigenvalue weighted by atomic mass is 9.85. The Morgan fingerprint density at radius 3 is 2.67 bits per heavy atom. The van der Waals surface area contributed by atoms with E-state index in [1.807, 2.05) is 14.0 Å². The van der Waals surface area contributed by atoms with Crippen molar-refractivity contribution in [1.29, 1.82) is 0 Å². The highest BCUT2D eigenvalue weighted by atomic mass is 32.1. The minimum atomic E-state index is -0.930. The molecular weight excluding hydrogens is 248 g/mol. The largest absolute Gasteiger partial charge is 0.476 e. The molecule has 1 fully saturated rings. The summed E-state index contributed by atoms with van der Waals surface area (Å²) in [4.78, 5) is 18.2. The lowest BCUT2D eigenvalue weighted by Gasteiger charge is -2.36. The molecule has 0 aromatic carbocycles. The molecular formula is C13H20N2O2S. The minimum Gasteiger partial charge on any atom is -0.476 e. The molecule has 100 valence electrons. The van der Waals surface area contributed by atoms with Gasteiger partial charge in [0.05, 0.1) is 0 Å². The number of anilines is 1. The van der Waals surface area contributed by atoms with E-state index < -0.39 is 5.97 Å². The summed E-state index contributed by atoms with van der Waals surface area (Å²) in [5, 5.41) is 9.89. The van der Waals surface area contributed by atoms with Crippen molar-refractivity contribution < 1.29 is 9.90 Å². The Hall–Kier alpha value is -1.10. The summed E-state index contributed by atoms with van der Waals surface area (Å²) in [6.45, 7) is 4.10. The van der Waals surface area contributed by atoms with E-state index >= 15 is 0 Å². The number of aromatic nitrogens is 1. The molecule has 1 N–H and O–H groups in total. The fourth-order valence-corrected chi connectivity index (χ4v) is 3.67. The zero-order chi connectivity index (χ0) is 13.3. The van der Waals surface area contributed by atoms with Crippen LogP contribution in [0.3, 0.4) is 0 Å². The number of carbonyl (C=O) groups is 1. The normalized spacial score (nSPS) is 23.9. The van der Waals surface area contributed by atoms with Crippen LogP contribution < -0.4 is 4.90 Å². The van der Waals surface area contributed by atoms with Gasteiger partial charge in [-0.2, -0.15) is 0 Å². The maximum Gasteiger partial charge on any atom is 0.355 e. The third-order valence-electron chi connectivity index (χ3n) is 3.85. The summed E-state index contributed by atoms with van der Waals surface area (Å²) in [5.74, 6) is -0.277. The van der Waals surface area contributed by atoms with Crippen LogP contribution in [0, 0.1) is 12.8 Å². The number of rotatable bonds is 3. The van der Waals surface area contributed by atoms with Crippen molar-refractivity contribution in [1.82, 2.24) is 4.98 Å². The molecule has 0 spiro atoms. The van der Waals surface area contributed by atoms with Crippen molar-refractivity contribution in [2.75, 3.05) is 11.9 Å². The van der Waals surface area contributed by atoms with Gasteiger partial charge in [-0.05, 0) is 25.7 Å². The van der Waals surface area contributed by atoms with Gasteiger partial charge in [-0.3, -0.25) is 0 Å². The quantitative estimate of drug-likeness (QED) is 0.915. The number of carboxylic acid groups (broad SMARTS) is 1. The van der Waals surface area contributed by atoms with E-state index in [1.165, 1.54) is 37.0 Å². The maximum atomic E-state index is 11.0. The van der Waals surface area contributed by atoms with Crippen LogP contribution in [-0.2, 0) is 0 Å². The number of nitrogens with zero attached hydrogens (tertiary/aromatic N) is 2. The second-order valence-corrected chi connectivity index (χ2v) is 6.33. The number of hydrogen-bond donors (Lipinski definition) is 1. The Morgan fingerprint density at radius 2 is 2.11 bits per heavy atom. The Bertz CT molecular complexity index is 444. The van der Waals surface area contributed by atoms with Gasteiger partial charge in [0, 0.05) is 18.0 Å². The zero-order valence-electron chi connectivity index (χ0n) is 11.1. The third-order valence-corrected chi connectivity index (χ3v) is 4.91. The van der Waals surface area contributed by atoms with Crippen molar-refractivity contribution in [2.45, 2.75) is 45.6 Å². The monoisotopic (exact) mass is 268 g/mol. The smallest absolute Gasteiger partial charge is 0.355 e. The van der Waals surface area contributed by atoms with Gasteiger partial charge in [0.1, 0.15) is 0 Å². The molecule has 1 heterocycles. The SMILES string of the molecule is Cc1sc(N(C)C2CCCCC2C)nc1C(=O)O. The van der Waals surface area contributed by atoms with E-state index in [0.29, 0.717) is 12.0 Å².